The van der Waals surface area contributed by atoms with Crippen molar-refractivity contribution in [1.82, 2.24) is 0 Å². The van der Waals surface area contributed by atoms with Crippen LogP contribution in [0.25, 0.3) is 76.5 Å². The second-order valence-corrected chi connectivity index (χ2v) is 12.9. The zero-order valence-corrected chi connectivity index (χ0v) is 27.3. The topological polar surface area (TPSA) is 16.4 Å². The quantitative estimate of drug-likeness (QED) is 0.175. The molecule has 234 valence electrons. The molecule has 0 bridgehead atoms. The minimum atomic E-state index is 0.907. The van der Waals surface area contributed by atoms with Gasteiger partial charge in [-0.25, -0.2) is 0 Å². The lowest BCUT2D eigenvalue weighted by molar-refractivity contribution is 0.669. The molecule has 0 fully saturated rings. The van der Waals surface area contributed by atoms with Crippen LogP contribution in [0.3, 0.4) is 0 Å². The second kappa shape index (κ2) is 11.5. The molecule has 50 heavy (non-hydrogen) atoms. The van der Waals surface area contributed by atoms with Gasteiger partial charge in [-0.05, 0) is 103 Å². The van der Waals surface area contributed by atoms with E-state index in [0.29, 0.717) is 0 Å². The van der Waals surface area contributed by atoms with Crippen molar-refractivity contribution in [3.05, 3.63) is 188 Å². The third-order valence-electron chi connectivity index (χ3n) is 10.1. The fourth-order valence-corrected chi connectivity index (χ4v) is 7.66. The Labute approximate surface area is 290 Å². The molecule has 0 saturated heterocycles. The standard InChI is InChI=1S/C48H31NO/c1-3-12-40-32(9-1)11-7-15-42(40)34-21-25-37(26-22-34)49(39-29-30-43-36(31-39)20-19-33-10-2-4-13-41(33)43)38-27-23-35(24-28-38)44-16-8-18-47-48(44)45-14-5-6-17-46(45)50-47/h1-31H. The van der Waals surface area contributed by atoms with Gasteiger partial charge in [0.05, 0.1) is 0 Å². The molecule has 0 unspecified atom stereocenters. The first-order valence-electron chi connectivity index (χ1n) is 17.1. The Hall–Kier alpha value is -6.64. The minimum absolute atomic E-state index is 0.907. The summed E-state index contributed by atoms with van der Waals surface area (Å²) in [6, 6.07) is 67.6. The van der Waals surface area contributed by atoms with Crippen LogP contribution in [-0.4, -0.2) is 0 Å². The Morgan fingerprint density at radius 3 is 1.62 bits per heavy atom. The van der Waals surface area contributed by atoms with Gasteiger partial charge < -0.3 is 9.32 Å². The van der Waals surface area contributed by atoms with Crippen LogP contribution in [0.1, 0.15) is 0 Å². The van der Waals surface area contributed by atoms with E-state index in [4.69, 9.17) is 4.42 Å². The molecule has 0 atom stereocenters. The average Bonchev–Trinajstić information content (AvgIpc) is 3.57. The largest absolute Gasteiger partial charge is 0.456 e. The third-order valence-corrected chi connectivity index (χ3v) is 10.1. The van der Waals surface area contributed by atoms with E-state index in [1.165, 1.54) is 49.0 Å². The Kier molecular flexibility index (Phi) is 6.53. The van der Waals surface area contributed by atoms with Crippen LogP contribution < -0.4 is 4.90 Å². The summed E-state index contributed by atoms with van der Waals surface area (Å²) in [4.78, 5) is 2.36. The summed E-state index contributed by atoms with van der Waals surface area (Å²) in [6.45, 7) is 0. The highest BCUT2D eigenvalue weighted by Gasteiger charge is 2.17. The molecule has 0 spiro atoms. The maximum absolute atomic E-state index is 6.21. The van der Waals surface area contributed by atoms with E-state index >= 15 is 0 Å². The monoisotopic (exact) mass is 637 g/mol. The molecular weight excluding hydrogens is 607 g/mol. The van der Waals surface area contributed by atoms with Crippen LogP contribution in [0.2, 0.25) is 0 Å². The fraction of sp³-hybridized carbons (Fsp3) is 0. The molecule has 2 nitrogen and oxygen atoms in total. The van der Waals surface area contributed by atoms with Crippen molar-refractivity contribution in [2.45, 2.75) is 0 Å². The van der Waals surface area contributed by atoms with Crippen molar-refractivity contribution in [2.75, 3.05) is 4.90 Å². The molecule has 2 heteroatoms. The van der Waals surface area contributed by atoms with E-state index in [1.54, 1.807) is 0 Å². The van der Waals surface area contributed by atoms with Crippen molar-refractivity contribution in [3.8, 4) is 22.3 Å². The smallest absolute Gasteiger partial charge is 0.136 e. The van der Waals surface area contributed by atoms with Crippen molar-refractivity contribution in [3.63, 3.8) is 0 Å². The molecule has 1 heterocycles. The molecule has 0 aliphatic rings. The van der Waals surface area contributed by atoms with Gasteiger partial charge in [-0.2, -0.15) is 0 Å². The van der Waals surface area contributed by atoms with Gasteiger partial charge in [-0.3, -0.25) is 0 Å². The number of hydrogen-bond donors (Lipinski definition) is 0. The van der Waals surface area contributed by atoms with E-state index < -0.39 is 0 Å². The number of nitrogens with zero attached hydrogens (tertiary/aromatic N) is 1. The summed E-state index contributed by atoms with van der Waals surface area (Å²) in [5, 5.41) is 9.80. The van der Waals surface area contributed by atoms with Crippen LogP contribution >= 0.6 is 0 Å². The zero-order valence-electron chi connectivity index (χ0n) is 27.3. The first-order valence-corrected chi connectivity index (χ1v) is 17.1. The third kappa shape index (κ3) is 4.65. The summed E-state index contributed by atoms with van der Waals surface area (Å²) in [6.07, 6.45) is 0. The molecule has 0 amide bonds. The predicted molar refractivity (Wildman–Crippen MR) is 212 cm³/mol. The lowest BCUT2D eigenvalue weighted by Crippen LogP contribution is -2.09. The Morgan fingerprint density at radius 1 is 0.320 bits per heavy atom. The van der Waals surface area contributed by atoms with Crippen molar-refractivity contribution < 1.29 is 4.42 Å². The molecule has 0 aliphatic carbocycles. The summed E-state index contributed by atoms with van der Waals surface area (Å²) in [5.41, 5.74) is 9.89. The van der Waals surface area contributed by atoms with Crippen LogP contribution in [-0.2, 0) is 0 Å². The molecule has 9 aromatic carbocycles. The number of para-hydroxylation sites is 1. The van der Waals surface area contributed by atoms with Gasteiger partial charge in [0.2, 0.25) is 0 Å². The summed E-state index contributed by atoms with van der Waals surface area (Å²) >= 11 is 0. The highest BCUT2D eigenvalue weighted by Crippen LogP contribution is 2.41. The summed E-state index contributed by atoms with van der Waals surface area (Å²) in [7, 11) is 0. The van der Waals surface area contributed by atoms with Gasteiger partial charge in [0.15, 0.2) is 0 Å². The molecular formula is C48H31NO. The summed E-state index contributed by atoms with van der Waals surface area (Å²) in [5.74, 6) is 0. The first kappa shape index (κ1) is 28.4. The van der Waals surface area contributed by atoms with Crippen LogP contribution in [0.4, 0.5) is 17.1 Å². The van der Waals surface area contributed by atoms with Gasteiger partial charge in [0.1, 0.15) is 11.2 Å². The number of benzene rings is 9. The Bertz CT molecular complexity index is 2860. The first-order chi connectivity index (χ1) is 24.8. The van der Waals surface area contributed by atoms with Crippen LogP contribution in [0.15, 0.2) is 192 Å². The molecule has 0 N–H and O–H groups in total. The highest BCUT2D eigenvalue weighted by atomic mass is 16.3. The van der Waals surface area contributed by atoms with E-state index in [1.807, 2.05) is 12.1 Å². The fourth-order valence-electron chi connectivity index (χ4n) is 7.66. The second-order valence-electron chi connectivity index (χ2n) is 12.9. The van der Waals surface area contributed by atoms with Crippen LogP contribution in [0, 0.1) is 0 Å². The van der Waals surface area contributed by atoms with Gasteiger partial charge in [-0.15, -0.1) is 0 Å². The molecule has 10 rings (SSSR count). The minimum Gasteiger partial charge on any atom is -0.456 e. The molecule has 0 radical (unpaired) electrons. The predicted octanol–water partition coefficient (Wildman–Crippen LogP) is 13.8. The van der Waals surface area contributed by atoms with Gasteiger partial charge >= 0.3 is 0 Å². The highest BCUT2D eigenvalue weighted by molar-refractivity contribution is 6.12. The molecule has 0 aliphatic heterocycles. The molecule has 1 aromatic heterocycles. The number of anilines is 3. The van der Waals surface area contributed by atoms with E-state index in [-0.39, 0.29) is 0 Å². The lowest BCUT2D eigenvalue weighted by Gasteiger charge is -2.26. The molecule has 0 saturated carbocycles. The van der Waals surface area contributed by atoms with E-state index in [0.717, 1.165) is 44.6 Å². The SMILES string of the molecule is c1ccc2c(-c3ccc(N(c4ccc(-c5cccc6oc7ccccc7c56)cc4)c4ccc5c(ccc6ccccc65)c4)cc3)cccc2c1. The van der Waals surface area contributed by atoms with Gasteiger partial charge in [-0.1, -0.05) is 140 Å². The zero-order chi connectivity index (χ0) is 33.0. The number of hydrogen-bond acceptors (Lipinski definition) is 2. The Morgan fingerprint density at radius 2 is 0.840 bits per heavy atom. The van der Waals surface area contributed by atoms with Crippen molar-refractivity contribution in [2.24, 2.45) is 0 Å². The lowest BCUT2D eigenvalue weighted by atomic mass is 9.97. The van der Waals surface area contributed by atoms with E-state index in [9.17, 15) is 0 Å². The normalized spacial score (nSPS) is 11.6. The number of furan rings is 1. The average molecular weight is 638 g/mol. The van der Waals surface area contributed by atoms with Crippen molar-refractivity contribution >= 4 is 71.3 Å². The maximum atomic E-state index is 6.21. The van der Waals surface area contributed by atoms with E-state index in [2.05, 4.69) is 181 Å². The number of rotatable bonds is 5. The van der Waals surface area contributed by atoms with Gasteiger partial charge in [0, 0.05) is 27.8 Å². The van der Waals surface area contributed by atoms with Crippen LogP contribution in [0.5, 0.6) is 0 Å². The van der Waals surface area contributed by atoms with Crippen molar-refractivity contribution in [1.29, 1.82) is 0 Å². The number of fused-ring (bicyclic) bond motifs is 7. The Balaban J connectivity index is 1.10. The summed E-state index contributed by atoms with van der Waals surface area (Å²) < 4.78 is 6.21. The molecule has 10 aromatic rings. The maximum Gasteiger partial charge on any atom is 0.136 e. The van der Waals surface area contributed by atoms with Gasteiger partial charge in [0.25, 0.3) is 0 Å².